The molecule has 0 unspecified atom stereocenters. The van der Waals surface area contributed by atoms with Crippen molar-refractivity contribution in [3.05, 3.63) is 64.9 Å². The van der Waals surface area contributed by atoms with Gasteiger partial charge in [0.25, 0.3) is 0 Å². The molecule has 0 atom stereocenters. The van der Waals surface area contributed by atoms with Gasteiger partial charge in [0.05, 0.1) is 37.1 Å². The van der Waals surface area contributed by atoms with Gasteiger partial charge in [0, 0.05) is 19.3 Å². The van der Waals surface area contributed by atoms with Gasteiger partial charge in [-0.15, -0.1) is 0 Å². The number of nitrogens with two attached hydrogens (primary N) is 1. The lowest BCUT2D eigenvalue weighted by molar-refractivity contribution is 0.0769. The highest BCUT2D eigenvalue weighted by molar-refractivity contribution is 5.97. The van der Waals surface area contributed by atoms with Gasteiger partial charge in [-0.3, -0.25) is 4.90 Å². The first-order valence-electron chi connectivity index (χ1n) is 10.8. The van der Waals surface area contributed by atoms with Crippen LogP contribution in [0.5, 0.6) is 5.88 Å². The molecule has 0 radical (unpaired) electrons. The van der Waals surface area contributed by atoms with Crippen LogP contribution in [0.3, 0.4) is 0 Å². The number of ether oxygens (including phenoxy) is 1. The second-order valence-electron chi connectivity index (χ2n) is 7.64. The van der Waals surface area contributed by atoms with E-state index in [1.54, 1.807) is 6.07 Å². The summed E-state index contributed by atoms with van der Waals surface area (Å²) >= 11 is 0. The molecule has 2 heterocycles. The van der Waals surface area contributed by atoms with Crippen LogP contribution in [0.1, 0.15) is 34.7 Å². The minimum atomic E-state index is -0.247. The number of aliphatic imine (C=N–C) groups is 1. The van der Waals surface area contributed by atoms with E-state index in [9.17, 15) is 15.5 Å². The van der Waals surface area contributed by atoms with Gasteiger partial charge in [0.2, 0.25) is 11.8 Å². The molecule has 0 aliphatic carbocycles. The largest absolute Gasteiger partial charge is 0.477 e. The monoisotopic (exact) mass is 451 g/mol. The van der Waals surface area contributed by atoms with Gasteiger partial charge in [-0.05, 0) is 48.6 Å². The lowest BCUT2D eigenvalue weighted by Gasteiger charge is -2.27. The summed E-state index contributed by atoms with van der Waals surface area (Å²) in [6.45, 7) is 7.64. The lowest BCUT2D eigenvalue weighted by Crippen LogP contribution is -2.42. The molecule has 1 aromatic carbocycles. The van der Waals surface area contributed by atoms with E-state index in [-0.39, 0.29) is 36.6 Å². The molecule has 4 N–H and O–H groups in total. The van der Waals surface area contributed by atoms with E-state index in [1.807, 2.05) is 25.1 Å². The van der Waals surface area contributed by atoms with E-state index in [2.05, 4.69) is 27.5 Å². The Morgan fingerprint density at radius 3 is 2.61 bits per heavy atom. The SMILES string of the molecule is C=C(N=C(ON)c1cnc(OCC)c(C#N)c1)c1ccc2c(c1)CCN(C(CO)CO)CC2. The van der Waals surface area contributed by atoms with E-state index in [4.69, 9.17) is 15.5 Å². The molecule has 9 heteroatoms. The topological polar surface area (TPSA) is 137 Å². The van der Waals surface area contributed by atoms with Crippen molar-refractivity contribution in [3.8, 4) is 11.9 Å². The standard InChI is InChI=1S/C24H29N5O4/c1-3-32-23-20(12-25)11-21(13-27-23)24(33-26)28-16(2)18-5-4-17-6-8-29(22(14-30)15-31)9-7-19(17)10-18/h4-5,10-11,13,22,30-31H,2-3,6-9,14-15,26H2,1H3. The first-order chi connectivity index (χ1) is 16.0. The molecule has 9 nitrogen and oxygen atoms in total. The third-order valence-electron chi connectivity index (χ3n) is 5.66. The van der Waals surface area contributed by atoms with Crippen LogP contribution in [0.15, 0.2) is 42.0 Å². The number of rotatable bonds is 8. The molecular weight excluding hydrogens is 422 g/mol. The van der Waals surface area contributed by atoms with Gasteiger partial charge in [0.15, 0.2) is 0 Å². The van der Waals surface area contributed by atoms with Crippen molar-refractivity contribution in [3.63, 3.8) is 0 Å². The first kappa shape index (κ1) is 24.4. The maximum atomic E-state index is 9.50. The number of nitrogens with zero attached hydrogens (tertiary/aromatic N) is 4. The summed E-state index contributed by atoms with van der Waals surface area (Å²) in [5.41, 5.74) is 4.35. The molecule has 3 rings (SSSR count). The Morgan fingerprint density at radius 2 is 1.97 bits per heavy atom. The highest BCUT2D eigenvalue weighted by Crippen LogP contribution is 2.24. The summed E-state index contributed by atoms with van der Waals surface area (Å²) in [6, 6.07) is 9.40. The van der Waals surface area contributed by atoms with Crippen molar-refractivity contribution in [1.29, 1.82) is 5.26 Å². The Balaban J connectivity index is 1.82. The first-order valence-corrected chi connectivity index (χ1v) is 10.8. The van der Waals surface area contributed by atoms with Crippen molar-refractivity contribution in [2.45, 2.75) is 25.8 Å². The van der Waals surface area contributed by atoms with Crippen LogP contribution in [0.4, 0.5) is 0 Å². The Hall–Kier alpha value is -3.29. The van der Waals surface area contributed by atoms with Crippen LogP contribution in [0.25, 0.3) is 5.70 Å². The van der Waals surface area contributed by atoms with E-state index >= 15 is 0 Å². The summed E-state index contributed by atoms with van der Waals surface area (Å²) < 4.78 is 5.35. The minimum Gasteiger partial charge on any atom is -0.477 e. The minimum absolute atomic E-state index is 0.0700. The highest BCUT2D eigenvalue weighted by Gasteiger charge is 2.21. The molecular formula is C24H29N5O4. The smallest absolute Gasteiger partial charge is 0.246 e. The fraction of sp³-hybridized carbons (Fsp3) is 0.375. The Bertz CT molecular complexity index is 1060. The zero-order valence-corrected chi connectivity index (χ0v) is 18.7. The number of hydrogen-bond donors (Lipinski definition) is 3. The van der Waals surface area contributed by atoms with Crippen LogP contribution >= 0.6 is 0 Å². The van der Waals surface area contributed by atoms with Crippen LogP contribution in [0, 0.1) is 11.3 Å². The van der Waals surface area contributed by atoms with Crippen molar-refractivity contribution in [2.75, 3.05) is 32.9 Å². The summed E-state index contributed by atoms with van der Waals surface area (Å²) in [4.78, 5) is 15.7. The molecule has 0 amide bonds. The molecule has 0 bridgehead atoms. The van der Waals surface area contributed by atoms with Crippen LogP contribution < -0.4 is 10.6 Å². The van der Waals surface area contributed by atoms with Crippen molar-refractivity contribution >= 4 is 11.6 Å². The fourth-order valence-electron chi connectivity index (χ4n) is 3.82. The van der Waals surface area contributed by atoms with Crippen molar-refractivity contribution < 1.29 is 19.8 Å². The summed E-state index contributed by atoms with van der Waals surface area (Å²) in [6.07, 6.45) is 3.09. The zero-order valence-electron chi connectivity index (χ0n) is 18.7. The predicted octanol–water partition coefficient (Wildman–Crippen LogP) is 1.41. The molecule has 0 fully saturated rings. The van der Waals surface area contributed by atoms with E-state index in [1.165, 1.54) is 17.3 Å². The predicted molar refractivity (Wildman–Crippen MR) is 124 cm³/mol. The quantitative estimate of drug-likeness (QED) is 0.311. The highest BCUT2D eigenvalue weighted by atomic mass is 16.6. The average Bonchev–Trinajstić information content (AvgIpc) is 3.06. The molecule has 1 aliphatic rings. The number of aliphatic hydroxyl groups excluding tert-OH is 2. The number of nitriles is 1. The van der Waals surface area contributed by atoms with Gasteiger partial charge in [-0.1, -0.05) is 18.7 Å². The van der Waals surface area contributed by atoms with Gasteiger partial charge in [-0.25, -0.2) is 9.98 Å². The van der Waals surface area contributed by atoms with E-state index in [0.29, 0.717) is 17.9 Å². The maximum absolute atomic E-state index is 9.50. The Kier molecular flexibility index (Phi) is 8.52. The molecule has 174 valence electrons. The van der Waals surface area contributed by atoms with Crippen molar-refractivity contribution in [2.24, 2.45) is 10.9 Å². The maximum Gasteiger partial charge on any atom is 0.246 e. The van der Waals surface area contributed by atoms with Gasteiger partial charge in [0.1, 0.15) is 11.6 Å². The van der Waals surface area contributed by atoms with Crippen LogP contribution in [-0.2, 0) is 17.7 Å². The number of benzene rings is 1. The normalized spacial score (nSPS) is 14.4. The molecule has 33 heavy (non-hydrogen) atoms. The molecule has 1 aliphatic heterocycles. The van der Waals surface area contributed by atoms with E-state index in [0.717, 1.165) is 31.5 Å². The number of hydrogen-bond acceptors (Lipinski definition) is 9. The van der Waals surface area contributed by atoms with Gasteiger partial charge < -0.3 is 19.8 Å². The molecule has 0 saturated heterocycles. The third kappa shape index (κ3) is 5.74. The average molecular weight is 452 g/mol. The second kappa shape index (κ2) is 11.5. The number of aliphatic hydroxyl groups is 2. The Morgan fingerprint density at radius 1 is 1.24 bits per heavy atom. The molecule has 0 spiro atoms. The fourth-order valence-corrected chi connectivity index (χ4v) is 3.82. The summed E-state index contributed by atoms with van der Waals surface area (Å²) in [5, 5.41) is 28.4. The second-order valence-corrected chi connectivity index (χ2v) is 7.64. The summed E-state index contributed by atoms with van der Waals surface area (Å²) in [5.74, 6) is 5.78. The van der Waals surface area contributed by atoms with Gasteiger partial charge >= 0.3 is 0 Å². The number of fused-ring (bicyclic) bond motifs is 1. The zero-order chi connectivity index (χ0) is 23.8. The van der Waals surface area contributed by atoms with Crippen LogP contribution in [0.2, 0.25) is 0 Å². The number of aromatic nitrogens is 1. The summed E-state index contributed by atoms with van der Waals surface area (Å²) in [7, 11) is 0. The van der Waals surface area contributed by atoms with E-state index < -0.39 is 0 Å². The van der Waals surface area contributed by atoms with Crippen LogP contribution in [-0.4, -0.2) is 64.9 Å². The molecule has 2 aromatic rings. The van der Waals surface area contributed by atoms with Crippen molar-refractivity contribution in [1.82, 2.24) is 9.88 Å². The lowest BCUT2D eigenvalue weighted by atomic mass is 9.99. The molecule has 1 aromatic heterocycles. The Labute approximate surface area is 193 Å². The third-order valence-corrected chi connectivity index (χ3v) is 5.66. The van der Waals surface area contributed by atoms with Gasteiger partial charge in [-0.2, -0.15) is 11.2 Å². The molecule has 0 saturated carbocycles. The number of pyridine rings is 1.